The number of nitrogens with one attached hydrogen (secondary N) is 1. The molecule has 35 heavy (non-hydrogen) atoms. The Kier molecular flexibility index (Phi) is 8.02. The van der Waals surface area contributed by atoms with Crippen molar-refractivity contribution in [3.63, 3.8) is 0 Å². The summed E-state index contributed by atoms with van der Waals surface area (Å²) in [5, 5.41) is 1.09. The van der Waals surface area contributed by atoms with Gasteiger partial charge in [-0.05, 0) is 63.5 Å². The summed E-state index contributed by atoms with van der Waals surface area (Å²) in [7, 11) is 1.59. The molecule has 1 aliphatic rings. The number of aryl methyl sites for hydroxylation is 1. The van der Waals surface area contributed by atoms with E-state index in [0.717, 1.165) is 24.2 Å². The fourth-order valence-corrected chi connectivity index (χ4v) is 4.34. The first-order valence-electron chi connectivity index (χ1n) is 12.3. The third kappa shape index (κ3) is 5.48. The van der Waals surface area contributed by atoms with Crippen LogP contribution in [-0.2, 0) is 0 Å². The minimum atomic E-state index is -0.437. The van der Waals surface area contributed by atoms with Crippen LogP contribution in [0.15, 0.2) is 36.7 Å². The molecule has 0 aliphatic carbocycles. The number of rotatable bonds is 8. The number of benzene rings is 2. The van der Waals surface area contributed by atoms with Crippen LogP contribution in [0.5, 0.6) is 23.1 Å². The molecule has 2 aromatic heterocycles. The van der Waals surface area contributed by atoms with E-state index in [0.29, 0.717) is 34.4 Å². The zero-order valence-electron chi connectivity index (χ0n) is 20.9. The lowest BCUT2D eigenvalue weighted by Crippen LogP contribution is -2.21. The molecule has 7 nitrogen and oxygen atoms in total. The number of halogens is 1. The lowest BCUT2D eigenvalue weighted by molar-refractivity contribution is 0.254. The van der Waals surface area contributed by atoms with Crippen LogP contribution in [0.25, 0.3) is 21.8 Å². The largest absolute Gasteiger partial charge is 0.493 e. The second-order valence-electron chi connectivity index (χ2n) is 8.34. The minimum absolute atomic E-state index is 0.0997. The summed E-state index contributed by atoms with van der Waals surface area (Å²) in [5.41, 5.74) is 2.23. The Balaban J connectivity index is 0.00000141. The summed E-state index contributed by atoms with van der Waals surface area (Å²) in [6.07, 6.45) is 4.91. The highest BCUT2D eigenvalue weighted by Gasteiger charge is 2.17. The van der Waals surface area contributed by atoms with E-state index in [1.165, 1.54) is 32.3 Å². The molecule has 0 bridgehead atoms. The highest BCUT2D eigenvalue weighted by Crippen LogP contribution is 2.37. The van der Waals surface area contributed by atoms with Gasteiger partial charge in [-0.1, -0.05) is 13.8 Å². The average molecular weight is 481 g/mol. The molecule has 0 amide bonds. The molecule has 5 rings (SSSR count). The molecule has 3 heterocycles. The average Bonchev–Trinajstić information content (AvgIpc) is 3.54. The minimum Gasteiger partial charge on any atom is -0.493 e. The summed E-state index contributed by atoms with van der Waals surface area (Å²) in [5.74, 6) is 1.09. The van der Waals surface area contributed by atoms with E-state index in [9.17, 15) is 0 Å². The van der Waals surface area contributed by atoms with Crippen LogP contribution in [0.1, 0.15) is 38.8 Å². The van der Waals surface area contributed by atoms with Crippen molar-refractivity contribution in [2.75, 3.05) is 33.4 Å². The number of likely N-dealkylation sites (tertiary alicyclic amines) is 1. The summed E-state index contributed by atoms with van der Waals surface area (Å²) in [4.78, 5) is 14.2. The number of methoxy groups -OCH3 is 1. The Morgan fingerprint density at radius 1 is 1.00 bits per heavy atom. The number of hydrogen-bond donors (Lipinski definition) is 1. The molecule has 0 atom stereocenters. The van der Waals surface area contributed by atoms with Crippen molar-refractivity contribution in [1.82, 2.24) is 19.9 Å². The van der Waals surface area contributed by atoms with Crippen molar-refractivity contribution < 1.29 is 18.6 Å². The summed E-state index contributed by atoms with van der Waals surface area (Å²) in [6.45, 7) is 9.86. The van der Waals surface area contributed by atoms with Gasteiger partial charge >= 0.3 is 0 Å². The summed E-state index contributed by atoms with van der Waals surface area (Å²) >= 11 is 0. The molecule has 0 spiro atoms. The summed E-state index contributed by atoms with van der Waals surface area (Å²) < 4.78 is 32.5. The normalized spacial score (nSPS) is 13.6. The standard InChI is InChI=1S/C25H27FN4O3.C2H6/c1-16-12-17-19(29-16)6-7-21(24(17)26)33-25-18-13-22(31-2)23(14-20(18)27-15-28-25)32-11-5-10-30-8-3-4-9-30;1-2/h6-7,12-15,29H,3-5,8-11H2,1-2H3;1-2H3. The van der Waals surface area contributed by atoms with E-state index in [2.05, 4.69) is 19.9 Å². The van der Waals surface area contributed by atoms with E-state index < -0.39 is 5.82 Å². The molecular weight excluding hydrogens is 447 g/mol. The lowest BCUT2D eigenvalue weighted by Gasteiger charge is -2.16. The third-order valence-electron chi connectivity index (χ3n) is 6.00. The smallest absolute Gasteiger partial charge is 0.230 e. The third-order valence-corrected chi connectivity index (χ3v) is 6.00. The fraction of sp³-hybridized carbons (Fsp3) is 0.407. The molecule has 0 unspecified atom stereocenters. The van der Waals surface area contributed by atoms with Gasteiger partial charge in [-0.15, -0.1) is 0 Å². The molecule has 8 heteroatoms. The Labute approximate surface area is 205 Å². The number of hydrogen-bond acceptors (Lipinski definition) is 6. The van der Waals surface area contributed by atoms with Gasteiger partial charge in [-0.25, -0.2) is 14.4 Å². The van der Waals surface area contributed by atoms with E-state index in [-0.39, 0.29) is 11.6 Å². The Hall–Kier alpha value is -3.39. The fourth-order valence-electron chi connectivity index (χ4n) is 4.34. The lowest BCUT2D eigenvalue weighted by atomic mass is 10.2. The van der Waals surface area contributed by atoms with Gasteiger partial charge in [0.15, 0.2) is 23.1 Å². The number of ether oxygens (including phenoxy) is 3. The Morgan fingerprint density at radius 2 is 1.80 bits per heavy atom. The van der Waals surface area contributed by atoms with Crippen LogP contribution in [0, 0.1) is 12.7 Å². The van der Waals surface area contributed by atoms with Crippen molar-refractivity contribution in [3.8, 4) is 23.1 Å². The maximum absolute atomic E-state index is 15.0. The monoisotopic (exact) mass is 480 g/mol. The van der Waals surface area contributed by atoms with Crippen LogP contribution < -0.4 is 14.2 Å². The van der Waals surface area contributed by atoms with Gasteiger partial charge in [0, 0.05) is 29.2 Å². The van der Waals surface area contributed by atoms with Gasteiger partial charge < -0.3 is 24.1 Å². The number of aromatic nitrogens is 3. The number of H-pyrrole nitrogens is 1. The van der Waals surface area contributed by atoms with Crippen molar-refractivity contribution in [2.45, 2.75) is 40.0 Å². The van der Waals surface area contributed by atoms with E-state index in [1.807, 2.05) is 26.8 Å². The Bertz CT molecular complexity index is 1280. The molecule has 1 N–H and O–H groups in total. The van der Waals surface area contributed by atoms with Crippen LogP contribution in [0.2, 0.25) is 0 Å². The van der Waals surface area contributed by atoms with Crippen molar-refractivity contribution in [3.05, 3.63) is 48.2 Å². The molecule has 4 aromatic rings. The first-order chi connectivity index (χ1) is 17.1. The highest BCUT2D eigenvalue weighted by molar-refractivity contribution is 5.87. The predicted octanol–water partition coefficient (Wildman–Crippen LogP) is 6.25. The SMILES string of the molecule is CC.COc1cc2c(Oc3ccc4[nH]c(C)cc4c3F)ncnc2cc1OCCCN1CCCC1. The van der Waals surface area contributed by atoms with Crippen molar-refractivity contribution >= 4 is 21.8 Å². The van der Waals surface area contributed by atoms with Crippen molar-refractivity contribution in [1.29, 1.82) is 0 Å². The topological polar surface area (TPSA) is 72.5 Å². The molecule has 1 aliphatic heterocycles. The molecule has 2 aromatic carbocycles. The number of nitrogens with zero attached hydrogens (tertiary/aromatic N) is 3. The zero-order chi connectivity index (χ0) is 24.8. The molecular formula is C27H33FN4O3. The zero-order valence-corrected chi connectivity index (χ0v) is 20.9. The summed E-state index contributed by atoms with van der Waals surface area (Å²) in [6, 6.07) is 8.73. The number of fused-ring (bicyclic) bond motifs is 2. The van der Waals surface area contributed by atoms with Crippen LogP contribution >= 0.6 is 0 Å². The van der Waals surface area contributed by atoms with E-state index >= 15 is 4.39 Å². The first-order valence-corrected chi connectivity index (χ1v) is 12.3. The van der Waals surface area contributed by atoms with Gasteiger partial charge in [0.05, 0.1) is 24.6 Å². The molecule has 0 saturated carbocycles. The van der Waals surface area contributed by atoms with E-state index in [4.69, 9.17) is 14.2 Å². The van der Waals surface area contributed by atoms with Crippen LogP contribution in [-0.4, -0.2) is 53.2 Å². The van der Waals surface area contributed by atoms with E-state index in [1.54, 1.807) is 31.4 Å². The van der Waals surface area contributed by atoms with Gasteiger partial charge in [0.2, 0.25) is 5.88 Å². The first kappa shape index (κ1) is 24.7. The highest BCUT2D eigenvalue weighted by atomic mass is 19.1. The van der Waals surface area contributed by atoms with Crippen LogP contribution in [0.3, 0.4) is 0 Å². The van der Waals surface area contributed by atoms with Gasteiger partial charge in [-0.2, -0.15) is 0 Å². The number of aromatic amines is 1. The Morgan fingerprint density at radius 3 is 2.57 bits per heavy atom. The quantitative estimate of drug-likeness (QED) is 0.301. The molecule has 1 saturated heterocycles. The van der Waals surface area contributed by atoms with Crippen molar-refractivity contribution in [2.24, 2.45) is 0 Å². The maximum Gasteiger partial charge on any atom is 0.230 e. The molecule has 186 valence electrons. The van der Waals surface area contributed by atoms with Gasteiger partial charge in [0.1, 0.15) is 6.33 Å². The predicted molar refractivity (Wildman–Crippen MR) is 136 cm³/mol. The second kappa shape index (κ2) is 11.4. The molecule has 0 radical (unpaired) electrons. The molecule has 1 fully saturated rings. The second-order valence-corrected chi connectivity index (χ2v) is 8.34. The maximum atomic E-state index is 15.0. The van der Waals surface area contributed by atoms with Gasteiger partial charge in [0.25, 0.3) is 0 Å². The van der Waals surface area contributed by atoms with Crippen LogP contribution in [0.4, 0.5) is 4.39 Å². The van der Waals surface area contributed by atoms with Gasteiger partial charge in [-0.3, -0.25) is 0 Å².